The van der Waals surface area contributed by atoms with Crippen molar-refractivity contribution >= 4 is 28.9 Å². The maximum atomic E-state index is 13.2. The number of aromatic nitrogens is 4. The van der Waals surface area contributed by atoms with Crippen molar-refractivity contribution in [2.24, 2.45) is 5.92 Å². The van der Waals surface area contributed by atoms with Crippen molar-refractivity contribution in [1.82, 2.24) is 28.5 Å². The van der Waals surface area contributed by atoms with E-state index in [4.69, 9.17) is 22.1 Å². The van der Waals surface area contributed by atoms with Crippen LogP contribution in [0.15, 0.2) is 29.1 Å². The summed E-state index contributed by atoms with van der Waals surface area (Å²) < 4.78 is 11.3. The van der Waals surface area contributed by atoms with Gasteiger partial charge in [-0.25, -0.2) is 4.68 Å². The molecule has 0 saturated carbocycles. The molecule has 1 aromatic carbocycles. The van der Waals surface area contributed by atoms with Crippen molar-refractivity contribution in [2.45, 2.75) is 33.5 Å². The second kappa shape index (κ2) is 9.60. The van der Waals surface area contributed by atoms with Gasteiger partial charge >= 0.3 is 0 Å². The maximum absolute atomic E-state index is 13.2. The summed E-state index contributed by atoms with van der Waals surface area (Å²) in [4.78, 5) is 18.1. The van der Waals surface area contributed by atoms with Gasteiger partial charge in [0.15, 0.2) is 0 Å². The van der Waals surface area contributed by atoms with Crippen LogP contribution in [-0.4, -0.2) is 75.0 Å². The summed E-state index contributed by atoms with van der Waals surface area (Å²) in [6.07, 6.45) is 0.738. The molecule has 3 aromatic rings. The zero-order valence-corrected chi connectivity index (χ0v) is 19.5. The normalized spacial score (nSPS) is 16.1. The number of piperazine rings is 1. The summed E-state index contributed by atoms with van der Waals surface area (Å²) in [7, 11) is 1.67. The van der Waals surface area contributed by atoms with E-state index in [2.05, 4.69) is 23.6 Å². The average Bonchev–Trinajstić information content (AvgIpc) is 3.07. The number of benzene rings is 1. The highest BCUT2D eigenvalue weighted by Crippen LogP contribution is 2.15. The highest BCUT2D eigenvalue weighted by atomic mass is 32.1. The van der Waals surface area contributed by atoms with Crippen molar-refractivity contribution in [1.29, 1.82) is 0 Å². The Morgan fingerprint density at radius 1 is 1.13 bits per heavy atom. The first kappa shape index (κ1) is 22.1. The fraction of sp³-hybridized carbons (Fsp3) is 0.591. The van der Waals surface area contributed by atoms with Gasteiger partial charge in [-0.05, 0) is 36.7 Å². The number of para-hydroxylation sites is 1. The zero-order valence-electron chi connectivity index (χ0n) is 18.7. The summed E-state index contributed by atoms with van der Waals surface area (Å²) in [5.74, 6) is 1.28. The molecule has 3 heterocycles. The maximum Gasteiger partial charge on any atom is 0.262 e. The Labute approximate surface area is 187 Å². The molecule has 1 saturated heterocycles. The molecule has 31 heavy (non-hydrogen) atoms. The Hall–Kier alpha value is -2.07. The molecule has 168 valence electrons. The Morgan fingerprint density at radius 2 is 1.84 bits per heavy atom. The van der Waals surface area contributed by atoms with Crippen molar-refractivity contribution < 1.29 is 4.74 Å². The lowest BCUT2D eigenvalue weighted by atomic mass is 10.2. The number of aryl methyl sites for hydroxylation is 1. The van der Waals surface area contributed by atoms with Crippen LogP contribution >= 0.6 is 12.2 Å². The molecule has 0 N–H and O–H groups in total. The van der Waals surface area contributed by atoms with Crippen LogP contribution in [0.5, 0.6) is 0 Å². The van der Waals surface area contributed by atoms with Crippen LogP contribution in [0.25, 0.3) is 16.7 Å². The molecule has 0 atom stereocenters. The van der Waals surface area contributed by atoms with E-state index in [0.29, 0.717) is 41.7 Å². The van der Waals surface area contributed by atoms with Gasteiger partial charge in [0.1, 0.15) is 0 Å². The molecule has 8 nitrogen and oxygen atoms in total. The predicted octanol–water partition coefficient (Wildman–Crippen LogP) is 2.45. The lowest BCUT2D eigenvalue weighted by Crippen LogP contribution is -2.47. The first-order valence-corrected chi connectivity index (χ1v) is 11.4. The van der Waals surface area contributed by atoms with Crippen molar-refractivity contribution in [2.75, 3.05) is 46.4 Å². The van der Waals surface area contributed by atoms with Crippen LogP contribution in [0.4, 0.5) is 0 Å². The van der Waals surface area contributed by atoms with Crippen molar-refractivity contribution in [3.8, 4) is 0 Å². The number of fused-ring (bicyclic) bond motifs is 3. The first-order valence-electron chi connectivity index (χ1n) is 11.0. The monoisotopic (exact) mass is 444 g/mol. The molecule has 9 heteroatoms. The fourth-order valence-electron chi connectivity index (χ4n) is 4.35. The summed E-state index contributed by atoms with van der Waals surface area (Å²) in [5.41, 5.74) is 0.775. The van der Waals surface area contributed by atoms with Crippen LogP contribution in [0.3, 0.4) is 0 Å². The Morgan fingerprint density at radius 3 is 2.55 bits per heavy atom. The molecule has 2 aromatic heterocycles. The van der Waals surface area contributed by atoms with E-state index in [9.17, 15) is 4.79 Å². The molecule has 1 aliphatic rings. The van der Waals surface area contributed by atoms with Gasteiger partial charge in [0.2, 0.25) is 10.5 Å². The molecule has 0 radical (unpaired) electrons. The molecule has 0 bridgehead atoms. The predicted molar refractivity (Wildman–Crippen MR) is 125 cm³/mol. The van der Waals surface area contributed by atoms with Gasteiger partial charge in [0.25, 0.3) is 5.56 Å². The Bertz CT molecular complexity index is 1160. The van der Waals surface area contributed by atoms with Gasteiger partial charge in [0.05, 0.1) is 17.6 Å². The van der Waals surface area contributed by atoms with E-state index >= 15 is 0 Å². The van der Waals surface area contributed by atoms with E-state index in [0.717, 1.165) is 44.7 Å². The van der Waals surface area contributed by atoms with Gasteiger partial charge in [0, 0.05) is 53.0 Å². The van der Waals surface area contributed by atoms with E-state index in [1.807, 2.05) is 33.3 Å². The van der Waals surface area contributed by atoms with Crippen LogP contribution in [0.1, 0.15) is 20.3 Å². The highest BCUT2D eigenvalue weighted by molar-refractivity contribution is 7.71. The molecule has 0 spiro atoms. The Kier molecular flexibility index (Phi) is 6.86. The van der Waals surface area contributed by atoms with E-state index < -0.39 is 0 Å². The lowest BCUT2D eigenvalue weighted by molar-refractivity contribution is 0.0952. The van der Waals surface area contributed by atoms with Crippen LogP contribution in [0.2, 0.25) is 0 Å². The summed E-state index contributed by atoms with van der Waals surface area (Å²) in [5, 5.41) is 5.46. The molecule has 1 aliphatic heterocycles. The summed E-state index contributed by atoms with van der Waals surface area (Å²) >= 11 is 5.83. The SMILES string of the molecule is COCCCn1c(=O)c2ccccc2n2c(=S)n(CN3CCN(CC(C)C)CC3)nc12. The number of rotatable bonds is 8. The Balaban J connectivity index is 1.67. The first-order chi connectivity index (χ1) is 15.0. The summed E-state index contributed by atoms with van der Waals surface area (Å²) in [6, 6.07) is 7.62. The molecule has 0 amide bonds. The van der Waals surface area contributed by atoms with Crippen molar-refractivity contribution in [3.05, 3.63) is 39.4 Å². The fourth-order valence-corrected chi connectivity index (χ4v) is 4.63. The van der Waals surface area contributed by atoms with Crippen molar-refractivity contribution in [3.63, 3.8) is 0 Å². The standard InChI is InChI=1S/C22H32N6O2S/c1-17(2)15-24-10-12-25(13-11-24)16-27-22(31)28-19-8-5-4-7-18(19)20(29)26(21(28)23-27)9-6-14-30-3/h4-5,7-8,17H,6,9-16H2,1-3H3. The number of hydrogen-bond acceptors (Lipinski definition) is 6. The zero-order chi connectivity index (χ0) is 22.0. The van der Waals surface area contributed by atoms with Crippen LogP contribution in [-0.2, 0) is 18.0 Å². The highest BCUT2D eigenvalue weighted by Gasteiger charge is 2.20. The van der Waals surface area contributed by atoms with Gasteiger partial charge in [-0.2, -0.15) is 0 Å². The van der Waals surface area contributed by atoms with Gasteiger partial charge in [-0.1, -0.05) is 26.0 Å². The van der Waals surface area contributed by atoms with Gasteiger partial charge in [-0.3, -0.25) is 18.7 Å². The molecule has 0 unspecified atom stereocenters. The third kappa shape index (κ3) is 4.59. The summed E-state index contributed by atoms with van der Waals surface area (Å²) in [6.45, 7) is 11.5. The lowest BCUT2D eigenvalue weighted by Gasteiger charge is -2.35. The number of ether oxygens (including phenoxy) is 1. The number of methoxy groups -OCH3 is 1. The van der Waals surface area contributed by atoms with Crippen LogP contribution in [0, 0.1) is 10.7 Å². The third-order valence-corrected chi connectivity index (χ3v) is 6.23. The minimum absolute atomic E-state index is 0.0337. The third-order valence-electron chi connectivity index (χ3n) is 5.84. The minimum atomic E-state index is -0.0337. The van der Waals surface area contributed by atoms with E-state index in [1.165, 1.54) is 0 Å². The average molecular weight is 445 g/mol. The second-order valence-corrected chi connectivity index (χ2v) is 9.06. The molecular formula is C22H32N6O2S. The smallest absolute Gasteiger partial charge is 0.262 e. The quantitative estimate of drug-likeness (QED) is 0.393. The minimum Gasteiger partial charge on any atom is -0.385 e. The second-order valence-electron chi connectivity index (χ2n) is 8.69. The topological polar surface area (TPSA) is 59.9 Å². The molecule has 0 aliphatic carbocycles. The van der Waals surface area contributed by atoms with Gasteiger partial charge in [-0.15, -0.1) is 5.10 Å². The van der Waals surface area contributed by atoms with Gasteiger partial charge < -0.3 is 9.64 Å². The molecular weight excluding hydrogens is 412 g/mol. The number of hydrogen-bond donors (Lipinski definition) is 0. The largest absolute Gasteiger partial charge is 0.385 e. The molecule has 4 rings (SSSR count). The van der Waals surface area contributed by atoms with E-state index in [-0.39, 0.29) is 5.56 Å². The van der Waals surface area contributed by atoms with Crippen LogP contribution < -0.4 is 5.56 Å². The molecule has 1 fully saturated rings. The number of nitrogens with zero attached hydrogens (tertiary/aromatic N) is 6. The van der Waals surface area contributed by atoms with E-state index in [1.54, 1.807) is 11.7 Å².